The Morgan fingerprint density at radius 1 is 0.615 bits per heavy atom. The molecule has 0 amide bonds. The van der Waals surface area contributed by atoms with Crippen LogP contribution in [0.3, 0.4) is 0 Å². The van der Waals surface area contributed by atoms with Crippen LogP contribution < -0.4 is 0 Å². The van der Waals surface area contributed by atoms with Gasteiger partial charge < -0.3 is 0 Å². The molecule has 0 nitrogen and oxygen atoms in total. The van der Waals surface area contributed by atoms with Crippen LogP contribution in [0.25, 0.3) is 11.1 Å². The van der Waals surface area contributed by atoms with E-state index >= 15 is 0 Å². The number of hydrogen-bond acceptors (Lipinski definition) is 0. The van der Waals surface area contributed by atoms with Gasteiger partial charge in [-0.25, -0.2) is 0 Å². The molecular formula is C24H31Y2-. The van der Waals surface area contributed by atoms with Crippen molar-refractivity contribution >= 4 is 0 Å². The van der Waals surface area contributed by atoms with E-state index in [2.05, 4.69) is 67.6 Å². The van der Waals surface area contributed by atoms with Crippen molar-refractivity contribution in [3.8, 4) is 11.1 Å². The number of rotatable bonds is 2. The SMILES string of the molecule is CC.CC.CCc1ccccc1-c1ccccc1.[Y].[Y].[c-]1ccccc1. The number of hydrogen-bond donors (Lipinski definition) is 0. The standard InChI is InChI=1S/C14H14.C6H5.2C2H6.2Y/c1-2-12-8-6-7-11-14(12)13-9-4-3-5-10-13;1-2-4-6-5-3-1;2*1-2;;/h3-11H,2H2,1H3;1-5H;2*1-2H3;;/q;-1;;;;. The van der Waals surface area contributed by atoms with Crippen molar-refractivity contribution in [3.63, 3.8) is 0 Å². The van der Waals surface area contributed by atoms with E-state index in [9.17, 15) is 0 Å². The average molecular weight is 497 g/mol. The molecule has 0 aromatic heterocycles. The summed E-state index contributed by atoms with van der Waals surface area (Å²) in [4.78, 5) is 0. The molecule has 0 spiro atoms. The molecule has 0 N–H and O–H groups in total. The first-order valence-electron chi connectivity index (χ1n) is 8.96. The summed E-state index contributed by atoms with van der Waals surface area (Å²) >= 11 is 0. The zero-order valence-electron chi connectivity index (χ0n) is 16.9. The fourth-order valence-corrected chi connectivity index (χ4v) is 2.07. The largest absolute Gasteiger partial charge is 0.184 e. The van der Waals surface area contributed by atoms with Crippen LogP contribution in [0.4, 0.5) is 0 Å². The molecule has 0 saturated carbocycles. The molecule has 3 rings (SSSR count). The number of benzene rings is 3. The van der Waals surface area contributed by atoms with Crippen molar-refractivity contribution in [1.82, 2.24) is 0 Å². The zero-order valence-corrected chi connectivity index (χ0v) is 22.6. The fourth-order valence-electron chi connectivity index (χ4n) is 2.07. The topological polar surface area (TPSA) is 0 Å². The fraction of sp³-hybridized carbons (Fsp3) is 0.250. The summed E-state index contributed by atoms with van der Waals surface area (Å²) in [6.45, 7) is 10.2. The summed E-state index contributed by atoms with van der Waals surface area (Å²) in [6, 6.07) is 31.6. The third kappa shape index (κ3) is 13.1. The van der Waals surface area contributed by atoms with E-state index in [0.717, 1.165) is 6.42 Å². The molecule has 0 saturated heterocycles. The van der Waals surface area contributed by atoms with Crippen LogP contribution in [0.15, 0.2) is 84.9 Å². The van der Waals surface area contributed by atoms with Gasteiger partial charge in [0.1, 0.15) is 0 Å². The Hall–Kier alpha value is -0.132. The Kier molecular flexibility index (Phi) is 27.0. The third-order valence-corrected chi connectivity index (χ3v) is 3.09. The number of aryl methyl sites for hydroxylation is 1. The van der Waals surface area contributed by atoms with Crippen molar-refractivity contribution < 1.29 is 65.4 Å². The van der Waals surface area contributed by atoms with Crippen LogP contribution in [0.1, 0.15) is 40.2 Å². The Morgan fingerprint density at radius 2 is 1.08 bits per heavy atom. The first-order chi connectivity index (χ1) is 11.9. The maximum atomic E-state index is 2.89. The van der Waals surface area contributed by atoms with Gasteiger partial charge in [0.2, 0.25) is 0 Å². The van der Waals surface area contributed by atoms with E-state index < -0.39 is 0 Å². The van der Waals surface area contributed by atoms with Gasteiger partial charge in [-0.2, -0.15) is 36.4 Å². The molecule has 134 valence electrons. The van der Waals surface area contributed by atoms with Gasteiger partial charge in [0.05, 0.1) is 0 Å². The Balaban J connectivity index is -0.000000376. The summed E-state index contributed by atoms with van der Waals surface area (Å²) in [5.74, 6) is 0. The van der Waals surface area contributed by atoms with Gasteiger partial charge in [-0.1, -0.05) is 89.2 Å². The van der Waals surface area contributed by atoms with E-state index in [1.807, 2.05) is 58.0 Å². The van der Waals surface area contributed by atoms with Crippen LogP contribution in [0.5, 0.6) is 0 Å². The Labute approximate surface area is 212 Å². The molecule has 0 unspecified atom stereocenters. The maximum absolute atomic E-state index is 2.89. The Morgan fingerprint density at radius 3 is 1.50 bits per heavy atom. The van der Waals surface area contributed by atoms with Gasteiger partial charge in [-0.05, 0) is 23.1 Å². The molecule has 26 heavy (non-hydrogen) atoms. The predicted molar refractivity (Wildman–Crippen MR) is 109 cm³/mol. The van der Waals surface area contributed by atoms with Crippen LogP contribution in [0.2, 0.25) is 0 Å². The molecule has 0 aliphatic carbocycles. The molecule has 3 aromatic carbocycles. The second-order valence-electron chi connectivity index (χ2n) is 4.45. The molecular weight excluding hydrogens is 466 g/mol. The van der Waals surface area contributed by atoms with Gasteiger partial charge in [-0.3, -0.25) is 0 Å². The molecule has 2 radical (unpaired) electrons. The molecule has 0 heterocycles. The van der Waals surface area contributed by atoms with Gasteiger partial charge in [0, 0.05) is 65.4 Å². The van der Waals surface area contributed by atoms with Crippen LogP contribution in [-0.4, -0.2) is 0 Å². The second kappa shape index (κ2) is 22.9. The molecule has 3 aromatic rings. The molecule has 0 fully saturated rings. The first kappa shape index (κ1) is 30.6. The van der Waals surface area contributed by atoms with Crippen molar-refractivity contribution in [2.24, 2.45) is 0 Å². The van der Waals surface area contributed by atoms with E-state index in [0.29, 0.717) is 0 Å². The van der Waals surface area contributed by atoms with Gasteiger partial charge in [0.15, 0.2) is 0 Å². The van der Waals surface area contributed by atoms with E-state index in [1.165, 1.54) is 16.7 Å². The van der Waals surface area contributed by atoms with Crippen molar-refractivity contribution in [2.75, 3.05) is 0 Å². The molecule has 2 heteroatoms. The average Bonchev–Trinajstić information content (AvgIpc) is 2.73. The van der Waals surface area contributed by atoms with Crippen molar-refractivity contribution in [2.45, 2.75) is 41.0 Å². The van der Waals surface area contributed by atoms with Crippen molar-refractivity contribution in [3.05, 3.63) is 96.6 Å². The first-order valence-corrected chi connectivity index (χ1v) is 8.96. The minimum absolute atomic E-state index is 0. The van der Waals surface area contributed by atoms with E-state index in [-0.39, 0.29) is 65.4 Å². The Bertz CT molecular complexity index is 581. The normalized spacial score (nSPS) is 7.73. The van der Waals surface area contributed by atoms with Gasteiger partial charge >= 0.3 is 0 Å². The van der Waals surface area contributed by atoms with Gasteiger partial charge in [0.25, 0.3) is 0 Å². The second-order valence-corrected chi connectivity index (χ2v) is 4.45. The van der Waals surface area contributed by atoms with Crippen LogP contribution in [0, 0.1) is 6.07 Å². The van der Waals surface area contributed by atoms with Crippen LogP contribution >= 0.6 is 0 Å². The summed E-state index contributed by atoms with van der Waals surface area (Å²) in [6.07, 6.45) is 1.09. The minimum atomic E-state index is 0. The predicted octanol–water partition coefficient (Wildman–Crippen LogP) is 7.45. The third-order valence-electron chi connectivity index (χ3n) is 3.09. The molecule has 0 atom stereocenters. The molecule has 0 bridgehead atoms. The summed E-state index contributed by atoms with van der Waals surface area (Å²) in [5, 5.41) is 0. The monoisotopic (exact) mass is 497 g/mol. The van der Waals surface area contributed by atoms with Gasteiger partial charge in [-0.15, -0.1) is 0 Å². The van der Waals surface area contributed by atoms with Crippen molar-refractivity contribution in [1.29, 1.82) is 0 Å². The molecule has 0 aliphatic rings. The smallest absolute Gasteiger partial charge is 0 e. The zero-order chi connectivity index (χ0) is 18.0. The molecule has 0 aliphatic heterocycles. The van der Waals surface area contributed by atoms with E-state index in [4.69, 9.17) is 0 Å². The van der Waals surface area contributed by atoms with E-state index in [1.54, 1.807) is 0 Å². The summed E-state index contributed by atoms with van der Waals surface area (Å²) in [5.41, 5.74) is 4.08. The van der Waals surface area contributed by atoms with Crippen LogP contribution in [-0.2, 0) is 71.8 Å². The maximum Gasteiger partial charge on any atom is 0 e. The quantitative estimate of drug-likeness (QED) is 0.323. The minimum Gasteiger partial charge on any atom is -0.184 e. The summed E-state index contributed by atoms with van der Waals surface area (Å²) < 4.78 is 0. The summed E-state index contributed by atoms with van der Waals surface area (Å²) in [7, 11) is 0.